The number of rotatable bonds is 4. The lowest BCUT2D eigenvalue weighted by molar-refractivity contribution is 0.661. The third kappa shape index (κ3) is 3.44. The van der Waals surface area contributed by atoms with E-state index in [4.69, 9.17) is 0 Å². The molecule has 49 heavy (non-hydrogen) atoms. The van der Waals surface area contributed by atoms with Gasteiger partial charge in [-0.25, -0.2) is 0 Å². The van der Waals surface area contributed by atoms with Crippen LogP contribution in [0.15, 0.2) is 151 Å². The van der Waals surface area contributed by atoms with Crippen molar-refractivity contribution in [1.82, 2.24) is 0 Å². The van der Waals surface area contributed by atoms with Gasteiger partial charge in [-0.05, 0) is 124 Å². The molecule has 0 aromatic heterocycles. The second-order valence-corrected chi connectivity index (χ2v) is 14.5. The van der Waals surface area contributed by atoms with Crippen LogP contribution >= 0.6 is 0 Å². The van der Waals surface area contributed by atoms with Gasteiger partial charge in [0.05, 0.1) is 5.41 Å². The van der Waals surface area contributed by atoms with E-state index >= 15 is 0 Å². The molecule has 1 unspecified atom stereocenters. The van der Waals surface area contributed by atoms with Crippen LogP contribution in [-0.2, 0) is 10.8 Å². The molecule has 2 aliphatic carbocycles. The highest BCUT2D eigenvalue weighted by atomic mass is 14.5. The Labute approximate surface area is 288 Å². The van der Waals surface area contributed by atoms with Crippen LogP contribution in [0.2, 0.25) is 0 Å². The molecule has 0 fully saturated rings. The van der Waals surface area contributed by atoms with Gasteiger partial charge < -0.3 is 0 Å². The van der Waals surface area contributed by atoms with Gasteiger partial charge in [0.2, 0.25) is 0 Å². The highest BCUT2D eigenvalue weighted by Crippen LogP contribution is 2.61. The van der Waals surface area contributed by atoms with E-state index in [9.17, 15) is 0 Å². The van der Waals surface area contributed by atoms with Crippen molar-refractivity contribution in [3.05, 3.63) is 179 Å². The zero-order chi connectivity index (χ0) is 33.1. The van der Waals surface area contributed by atoms with Gasteiger partial charge in [-0.1, -0.05) is 154 Å². The van der Waals surface area contributed by atoms with Crippen molar-refractivity contribution in [3.63, 3.8) is 0 Å². The summed E-state index contributed by atoms with van der Waals surface area (Å²) in [7, 11) is 0. The zero-order valence-corrected chi connectivity index (χ0v) is 28.6. The molecule has 0 nitrogen and oxygen atoms in total. The Morgan fingerprint density at radius 1 is 0.531 bits per heavy atom. The Morgan fingerprint density at radius 2 is 1.06 bits per heavy atom. The quantitative estimate of drug-likeness (QED) is 0.104. The van der Waals surface area contributed by atoms with Crippen LogP contribution in [0.25, 0.3) is 65.3 Å². The third-order valence-electron chi connectivity index (χ3n) is 11.9. The van der Waals surface area contributed by atoms with Crippen molar-refractivity contribution in [2.24, 2.45) is 0 Å². The molecule has 0 heterocycles. The van der Waals surface area contributed by atoms with Crippen LogP contribution in [0.1, 0.15) is 61.9 Å². The number of allylic oxidation sites excluding steroid dienone is 4. The normalized spacial score (nSPS) is 17.8. The maximum absolute atomic E-state index is 2.60. The summed E-state index contributed by atoms with van der Waals surface area (Å²) >= 11 is 0. The largest absolute Gasteiger partial charge is 0.0873 e. The fourth-order valence-electron chi connectivity index (χ4n) is 10.00. The Hall–Kier alpha value is -5.46. The van der Waals surface area contributed by atoms with Crippen molar-refractivity contribution in [2.75, 3.05) is 0 Å². The third-order valence-corrected chi connectivity index (χ3v) is 11.9. The summed E-state index contributed by atoms with van der Waals surface area (Å²) < 4.78 is 0. The van der Waals surface area contributed by atoms with Crippen LogP contribution in [-0.4, -0.2) is 0 Å². The van der Waals surface area contributed by atoms with E-state index in [0.717, 1.165) is 6.42 Å². The molecule has 8 aromatic carbocycles. The lowest BCUT2D eigenvalue weighted by Gasteiger charge is -2.35. The molecule has 0 heteroatoms. The van der Waals surface area contributed by atoms with Crippen LogP contribution < -0.4 is 0 Å². The Morgan fingerprint density at radius 3 is 1.69 bits per heavy atom. The first-order valence-corrected chi connectivity index (χ1v) is 17.8. The fraction of sp³-hybridized carbons (Fsp3) is 0.143. The highest BCUT2D eigenvalue weighted by Gasteiger charge is 2.47. The van der Waals surface area contributed by atoms with Gasteiger partial charge in [0.15, 0.2) is 0 Å². The second-order valence-electron chi connectivity index (χ2n) is 14.5. The predicted molar refractivity (Wildman–Crippen MR) is 210 cm³/mol. The predicted octanol–water partition coefficient (Wildman–Crippen LogP) is 13.3. The molecule has 0 spiro atoms. The minimum Gasteiger partial charge on any atom is -0.0873 e. The summed E-state index contributed by atoms with van der Waals surface area (Å²) in [6.45, 7) is 9.23. The van der Waals surface area contributed by atoms with Crippen molar-refractivity contribution < 1.29 is 0 Å². The molecular weight excluding hydrogens is 589 g/mol. The van der Waals surface area contributed by atoms with Crippen LogP contribution in [0.5, 0.6) is 0 Å². The zero-order valence-electron chi connectivity index (χ0n) is 28.6. The minimum atomic E-state index is -0.446. The SMILES string of the molecule is C/C=C\C(=C/CC)C1(c2ccccc2)c2ccccc2-c2c1cc1c3cc4c(c5cccc(c6cccc2c61)c53)-c1ccccc1C4(C)C. The molecule has 0 amide bonds. The van der Waals surface area contributed by atoms with Gasteiger partial charge in [-0.3, -0.25) is 0 Å². The Kier molecular flexibility index (Phi) is 5.84. The average Bonchev–Trinajstić information content (AvgIpc) is 3.56. The first-order valence-electron chi connectivity index (χ1n) is 17.8. The van der Waals surface area contributed by atoms with Crippen molar-refractivity contribution in [1.29, 1.82) is 0 Å². The van der Waals surface area contributed by atoms with Crippen LogP contribution in [0.3, 0.4) is 0 Å². The van der Waals surface area contributed by atoms with Crippen LogP contribution in [0.4, 0.5) is 0 Å². The molecule has 0 saturated carbocycles. The summed E-state index contributed by atoms with van der Waals surface area (Å²) in [6, 6.07) is 48.7. The fourth-order valence-corrected chi connectivity index (χ4v) is 10.00. The van der Waals surface area contributed by atoms with E-state index in [1.807, 2.05) is 0 Å². The number of hydrogen-bond donors (Lipinski definition) is 0. The molecule has 0 aliphatic heterocycles. The van der Waals surface area contributed by atoms with Gasteiger partial charge in [0, 0.05) is 5.41 Å². The van der Waals surface area contributed by atoms with Crippen molar-refractivity contribution >= 4 is 43.1 Å². The molecule has 8 aromatic rings. The topological polar surface area (TPSA) is 0 Å². The van der Waals surface area contributed by atoms with Gasteiger partial charge in [-0.2, -0.15) is 0 Å². The smallest absolute Gasteiger partial charge is 0.0710 e. The first kappa shape index (κ1) is 28.5. The minimum absolute atomic E-state index is 0.0909. The lowest BCUT2D eigenvalue weighted by atomic mass is 9.66. The highest BCUT2D eigenvalue weighted by molar-refractivity contribution is 6.36. The summed E-state index contributed by atoms with van der Waals surface area (Å²) in [5, 5.41) is 10.9. The molecule has 10 rings (SSSR count). The second kappa shape index (κ2) is 10.0. The lowest BCUT2D eigenvalue weighted by Crippen LogP contribution is -2.29. The molecule has 0 radical (unpaired) electrons. The summed E-state index contributed by atoms with van der Waals surface area (Å²) in [5.41, 5.74) is 13.2. The molecule has 0 saturated heterocycles. The Balaban J connectivity index is 1.46. The first-order chi connectivity index (χ1) is 24.0. The van der Waals surface area contributed by atoms with Crippen molar-refractivity contribution in [3.8, 4) is 22.3 Å². The molecule has 0 bridgehead atoms. The number of hydrogen-bond acceptors (Lipinski definition) is 0. The average molecular weight is 627 g/mol. The van der Waals surface area contributed by atoms with Gasteiger partial charge in [0.25, 0.3) is 0 Å². The number of benzene rings is 8. The molecule has 0 N–H and O–H groups in total. The maximum Gasteiger partial charge on any atom is 0.0710 e. The molecule has 1 atom stereocenters. The van der Waals surface area contributed by atoms with Gasteiger partial charge in [0.1, 0.15) is 0 Å². The molecular formula is C49H38. The maximum atomic E-state index is 2.60. The molecule has 2 aliphatic rings. The summed E-state index contributed by atoms with van der Waals surface area (Å²) in [5.74, 6) is 0. The molecule has 234 valence electrons. The van der Waals surface area contributed by atoms with E-state index in [1.54, 1.807) is 0 Å². The summed E-state index contributed by atoms with van der Waals surface area (Å²) in [4.78, 5) is 0. The van der Waals surface area contributed by atoms with E-state index in [0.29, 0.717) is 0 Å². The Bertz CT molecular complexity index is 2720. The van der Waals surface area contributed by atoms with Gasteiger partial charge in [-0.15, -0.1) is 0 Å². The number of fused-ring (bicyclic) bond motifs is 10. The van der Waals surface area contributed by atoms with E-state index < -0.39 is 5.41 Å². The van der Waals surface area contributed by atoms with E-state index in [1.165, 1.54) is 98.7 Å². The van der Waals surface area contributed by atoms with E-state index in [2.05, 4.69) is 173 Å². The van der Waals surface area contributed by atoms with Gasteiger partial charge >= 0.3 is 0 Å². The van der Waals surface area contributed by atoms with Crippen molar-refractivity contribution in [2.45, 2.75) is 44.9 Å². The summed E-state index contributed by atoms with van der Waals surface area (Å²) in [6.07, 6.45) is 7.99. The van der Waals surface area contributed by atoms with Crippen LogP contribution in [0, 0.1) is 0 Å². The standard InChI is InChI=1S/C49H38/c1-5-16-30(17-6-2)49(31-18-8-7-9-19-31)41-27-13-11-21-35(41)47-37-25-15-23-33-32-22-14-24-36-44(32)38(39(45(33)37)29-43(47)49)28-42-46(36)34-20-10-12-26-40(34)48(42,3)4/h5,7-29H,6H2,1-4H3/b16-5-,30-17+. The monoisotopic (exact) mass is 626 g/mol. The van der Waals surface area contributed by atoms with E-state index in [-0.39, 0.29) is 5.41 Å².